The second kappa shape index (κ2) is 10.3. The van der Waals surface area contributed by atoms with E-state index in [2.05, 4.69) is 22.0 Å². The zero-order valence-corrected chi connectivity index (χ0v) is 18.5. The van der Waals surface area contributed by atoms with E-state index in [1.54, 1.807) is 48.5 Å². The van der Waals surface area contributed by atoms with Crippen molar-refractivity contribution >= 4 is 39.2 Å². The third-order valence-electron chi connectivity index (χ3n) is 4.22. The van der Waals surface area contributed by atoms with Gasteiger partial charge in [-0.15, -0.1) is 0 Å². The van der Waals surface area contributed by atoms with Gasteiger partial charge >= 0.3 is 0 Å². The predicted molar refractivity (Wildman–Crippen MR) is 121 cm³/mol. The lowest BCUT2D eigenvalue weighted by atomic mass is 10.0. The highest BCUT2D eigenvalue weighted by Gasteiger charge is 2.14. The lowest BCUT2D eigenvalue weighted by molar-refractivity contribution is 0.267. The molecule has 0 fully saturated rings. The molecule has 3 rings (SSSR count). The van der Waals surface area contributed by atoms with E-state index in [9.17, 15) is 9.65 Å². The van der Waals surface area contributed by atoms with E-state index in [0.29, 0.717) is 39.8 Å². The monoisotopic (exact) mass is 485 g/mol. The molecule has 0 aliphatic rings. The number of hydrogen-bond donors (Lipinski definition) is 0. The molecular weight excluding hydrogens is 469 g/mol. The zero-order valence-electron chi connectivity index (χ0n) is 16.2. The lowest BCUT2D eigenvalue weighted by Crippen LogP contribution is -2.01. The molecule has 3 nitrogen and oxygen atoms in total. The van der Waals surface area contributed by atoms with Crippen molar-refractivity contribution in [2.75, 3.05) is 6.61 Å². The fraction of sp³-hybridized carbons (Fsp3) is 0.125. The molecule has 0 aliphatic carbocycles. The third kappa shape index (κ3) is 5.41. The van der Waals surface area contributed by atoms with Crippen LogP contribution in [-0.4, -0.2) is 6.61 Å². The maximum atomic E-state index is 14.1. The van der Waals surface area contributed by atoms with Gasteiger partial charge in [0.25, 0.3) is 0 Å². The minimum absolute atomic E-state index is 0.220. The summed E-state index contributed by atoms with van der Waals surface area (Å²) in [5, 5.41) is 10.2. The summed E-state index contributed by atoms with van der Waals surface area (Å²) in [6.07, 6.45) is 1.62. The lowest BCUT2D eigenvalue weighted by Gasteiger charge is -2.15. The van der Waals surface area contributed by atoms with Crippen LogP contribution in [0.2, 0.25) is 5.02 Å². The van der Waals surface area contributed by atoms with Gasteiger partial charge in [-0.25, -0.2) is 4.39 Å². The normalized spacial score (nSPS) is 11.1. The van der Waals surface area contributed by atoms with Crippen molar-refractivity contribution in [1.29, 1.82) is 5.26 Å². The van der Waals surface area contributed by atoms with Crippen LogP contribution in [0.5, 0.6) is 11.5 Å². The van der Waals surface area contributed by atoms with Gasteiger partial charge in [-0.3, -0.25) is 0 Å². The van der Waals surface area contributed by atoms with E-state index in [1.807, 2.05) is 19.1 Å². The minimum atomic E-state index is -0.447. The van der Waals surface area contributed by atoms with E-state index in [1.165, 1.54) is 6.07 Å². The average Bonchev–Trinajstić information content (AvgIpc) is 2.73. The highest BCUT2D eigenvalue weighted by molar-refractivity contribution is 9.10. The Bertz CT molecular complexity index is 1110. The molecule has 0 saturated carbocycles. The first kappa shape index (κ1) is 21.9. The molecule has 0 aliphatic heterocycles. The number of halogens is 3. The van der Waals surface area contributed by atoms with E-state index in [4.69, 9.17) is 21.1 Å². The molecule has 30 heavy (non-hydrogen) atoms. The van der Waals surface area contributed by atoms with Gasteiger partial charge in [-0.2, -0.15) is 5.26 Å². The molecule has 0 bridgehead atoms. The zero-order chi connectivity index (χ0) is 21.5. The maximum Gasteiger partial charge on any atom is 0.175 e. The van der Waals surface area contributed by atoms with Crippen LogP contribution in [0.1, 0.15) is 23.6 Å². The van der Waals surface area contributed by atoms with Crippen LogP contribution in [0.4, 0.5) is 4.39 Å². The highest BCUT2D eigenvalue weighted by Crippen LogP contribution is 2.38. The number of nitrogens with zero attached hydrogens (tertiary/aromatic N) is 1. The van der Waals surface area contributed by atoms with Gasteiger partial charge in [0.2, 0.25) is 0 Å². The third-order valence-corrected chi connectivity index (χ3v) is 5.06. The molecule has 0 N–H and O–H groups in total. The van der Waals surface area contributed by atoms with Crippen LogP contribution in [0.15, 0.2) is 65.1 Å². The van der Waals surface area contributed by atoms with Gasteiger partial charge in [0.15, 0.2) is 11.5 Å². The fourth-order valence-corrected chi connectivity index (χ4v) is 3.53. The molecule has 0 aromatic heterocycles. The number of benzene rings is 3. The van der Waals surface area contributed by atoms with E-state index >= 15 is 0 Å². The molecule has 0 spiro atoms. The number of ether oxygens (including phenoxy) is 2. The van der Waals surface area contributed by atoms with Gasteiger partial charge in [0.1, 0.15) is 12.4 Å². The fourth-order valence-electron chi connectivity index (χ4n) is 2.83. The molecule has 152 valence electrons. The topological polar surface area (TPSA) is 42.2 Å². The van der Waals surface area contributed by atoms with Crippen LogP contribution >= 0.6 is 27.5 Å². The second-order valence-corrected chi connectivity index (χ2v) is 7.62. The Labute approximate surface area is 188 Å². The minimum Gasteiger partial charge on any atom is -0.490 e. The first-order valence-corrected chi connectivity index (χ1v) is 10.4. The molecule has 6 heteroatoms. The van der Waals surface area contributed by atoms with Crippen LogP contribution in [-0.2, 0) is 6.61 Å². The Kier molecular flexibility index (Phi) is 7.51. The van der Waals surface area contributed by atoms with Crippen LogP contribution in [0.25, 0.3) is 11.6 Å². The first-order valence-electron chi connectivity index (χ1n) is 9.22. The van der Waals surface area contributed by atoms with Crippen LogP contribution in [0, 0.1) is 17.1 Å². The predicted octanol–water partition coefficient (Wildman–Crippen LogP) is 7.28. The molecule has 0 unspecified atom stereocenters. The summed E-state index contributed by atoms with van der Waals surface area (Å²) in [5.74, 6) is 0.628. The summed E-state index contributed by atoms with van der Waals surface area (Å²) in [7, 11) is 0. The van der Waals surface area contributed by atoms with Crippen molar-refractivity contribution in [3.8, 4) is 17.6 Å². The molecule has 0 amide bonds. The maximum absolute atomic E-state index is 14.1. The number of rotatable bonds is 7. The van der Waals surface area contributed by atoms with Gasteiger partial charge in [-0.05, 0) is 70.4 Å². The first-order chi connectivity index (χ1) is 14.5. The van der Waals surface area contributed by atoms with Crippen LogP contribution < -0.4 is 9.47 Å². The van der Waals surface area contributed by atoms with Crippen molar-refractivity contribution in [3.05, 3.63) is 92.7 Å². The molecule has 3 aromatic carbocycles. The van der Waals surface area contributed by atoms with Gasteiger partial charge in [0, 0.05) is 10.6 Å². The van der Waals surface area contributed by atoms with Crippen molar-refractivity contribution in [2.24, 2.45) is 0 Å². The summed E-state index contributed by atoms with van der Waals surface area (Å²) in [6.45, 7) is 2.65. The molecular formula is C24H18BrClFNO2. The molecule has 0 radical (unpaired) electrons. The van der Waals surface area contributed by atoms with E-state index in [0.717, 1.165) is 5.56 Å². The van der Waals surface area contributed by atoms with Crippen molar-refractivity contribution in [2.45, 2.75) is 13.5 Å². The summed E-state index contributed by atoms with van der Waals surface area (Å²) < 4.78 is 26.5. The Morgan fingerprint density at radius 2 is 1.87 bits per heavy atom. The standard InChI is InChI=1S/C24H18BrClFNO2/c1-2-29-23-13-17(11-18(14-28)20-5-3-4-6-22(20)27)12-21(25)24(23)30-15-16-7-9-19(26)10-8-16/h3-13H,2,15H2,1H3/b18-11-. The van der Waals surface area contributed by atoms with E-state index < -0.39 is 5.82 Å². The van der Waals surface area contributed by atoms with Crippen molar-refractivity contribution < 1.29 is 13.9 Å². The summed E-state index contributed by atoms with van der Waals surface area (Å²) in [6, 6.07) is 19.2. The number of allylic oxidation sites excluding steroid dienone is 1. The average molecular weight is 487 g/mol. The largest absolute Gasteiger partial charge is 0.490 e. The van der Waals surface area contributed by atoms with Crippen molar-refractivity contribution in [1.82, 2.24) is 0 Å². The Morgan fingerprint density at radius 1 is 1.13 bits per heavy atom. The van der Waals surface area contributed by atoms with Gasteiger partial charge in [0.05, 0.1) is 22.7 Å². The van der Waals surface area contributed by atoms with Crippen LogP contribution in [0.3, 0.4) is 0 Å². The molecule has 0 heterocycles. The quantitative estimate of drug-likeness (QED) is 0.260. The Morgan fingerprint density at radius 3 is 2.53 bits per heavy atom. The molecule has 3 aromatic rings. The summed E-state index contributed by atoms with van der Waals surface area (Å²) in [5.41, 5.74) is 2.11. The Hall–Kier alpha value is -2.81. The van der Waals surface area contributed by atoms with Crippen molar-refractivity contribution in [3.63, 3.8) is 0 Å². The number of nitriles is 1. The molecule has 0 saturated heterocycles. The SMILES string of the molecule is CCOc1cc(/C=C(/C#N)c2ccccc2F)cc(Br)c1OCc1ccc(Cl)cc1. The summed E-state index contributed by atoms with van der Waals surface area (Å²) in [4.78, 5) is 0. The molecule has 0 atom stereocenters. The smallest absolute Gasteiger partial charge is 0.175 e. The summed E-state index contributed by atoms with van der Waals surface area (Å²) >= 11 is 9.45. The number of hydrogen-bond acceptors (Lipinski definition) is 3. The van der Waals surface area contributed by atoms with E-state index in [-0.39, 0.29) is 11.1 Å². The Balaban J connectivity index is 1.93. The second-order valence-electron chi connectivity index (χ2n) is 6.33. The highest BCUT2D eigenvalue weighted by atomic mass is 79.9. The van der Waals surface area contributed by atoms with Gasteiger partial charge < -0.3 is 9.47 Å². The van der Waals surface area contributed by atoms with Gasteiger partial charge in [-0.1, -0.05) is 41.9 Å².